The monoisotopic (exact) mass is 337 g/mol. The maximum atomic E-state index is 12.5. The van der Waals surface area contributed by atoms with Crippen LogP contribution < -0.4 is 4.72 Å². The molecule has 1 heterocycles. The van der Waals surface area contributed by atoms with Crippen LogP contribution in [0.15, 0.2) is 71.6 Å². The summed E-state index contributed by atoms with van der Waals surface area (Å²) in [7, 11) is -3.60. The van der Waals surface area contributed by atoms with Gasteiger partial charge in [-0.15, -0.1) is 0 Å². The number of nitrogens with one attached hydrogen (secondary N) is 2. The van der Waals surface area contributed by atoms with Crippen LogP contribution in [0.5, 0.6) is 0 Å². The molecule has 120 valence electrons. The van der Waals surface area contributed by atoms with Crippen molar-refractivity contribution < 1.29 is 8.42 Å². The predicted octanol–water partition coefficient (Wildman–Crippen LogP) is 3.19. The van der Waals surface area contributed by atoms with Gasteiger partial charge in [0.05, 0.1) is 22.5 Å². The molecule has 0 radical (unpaired) electrons. The van der Waals surface area contributed by atoms with Crippen molar-refractivity contribution in [2.24, 2.45) is 0 Å². The number of imidazole rings is 1. The summed E-state index contributed by atoms with van der Waals surface area (Å²) in [4.78, 5) is 7.74. The number of hydrogen-bond acceptors (Lipinski definition) is 3. The second-order valence-corrected chi connectivity index (χ2v) is 7.30. The molecule has 0 unspecified atom stereocenters. The Morgan fingerprint density at radius 3 is 2.50 bits per heavy atom. The van der Waals surface area contributed by atoms with Gasteiger partial charge in [0.2, 0.25) is 10.0 Å². The van der Waals surface area contributed by atoms with Crippen molar-refractivity contribution in [2.45, 2.75) is 11.4 Å². The van der Waals surface area contributed by atoms with Gasteiger partial charge in [0.25, 0.3) is 0 Å². The minimum atomic E-state index is -3.60. The van der Waals surface area contributed by atoms with Crippen LogP contribution in [0.2, 0.25) is 0 Å². The van der Waals surface area contributed by atoms with Crippen molar-refractivity contribution in [3.8, 4) is 0 Å². The van der Waals surface area contributed by atoms with E-state index in [1.54, 1.807) is 12.1 Å². The lowest BCUT2D eigenvalue weighted by molar-refractivity contribution is 0.580. The largest absolute Gasteiger partial charge is 0.341 e. The number of nitrogens with zero attached hydrogens (tertiary/aromatic N) is 1. The molecule has 24 heavy (non-hydrogen) atoms. The summed E-state index contributed by atoms with van der Waals surface area (Å²) in [6, 6.07) is 20.4. The Labute approximate surface area is 139 Å². The SMILES string of the molecule is O=S(=O)(NCc1nc2ccccc2[nH]1)c1ccc2ccccc2c1. The molecular formula is C18H15N3O2S. The van der Waals surface area contributed by atoms with Gasteiger partial charge in [-0.25, -0.2) is 18.1 Å². The van der Waals surface area contributed by atoms with Crippen molar-refractivity contribution in [3.63, 3.8) is 0 Å². The fourth-order valence-corrected chi connectivity index (χ4v) is 3.69. The molecule has 5 nitrogen and oxygen atoms in total. The third-order valence-electron chi connectivity index (χ3n) is 3.90. The van der Waals surface area contributed by atoms with Crippen LogP contribution in [-0.2, 0) is 16.6 Å². The molecule has 0 amide bonds. The van der Waals surface area contributed by atoms with E-state index >= 15 is 0 Å². The minimum absolute atomic E-state index is 0.115. The van der Waals surface area contributed by atoms with Crippen molar-refractivity contribution in [1.82, 2.24) is 14.7 Å². The summed E-state index contributed by atoms with van der Waals surface area (Å²) in [6.45, 7) is 0.115. The van der Waals surface area contributed by atoms with Crippen LogP contribution in [0, 0.1) is 0 Å². The molecule has 0 aliphatic heterocycles. The average molecular weight is 337 g/mol. The van der Waals surface area contributed by atoms with Gasteiger partial charge in [-0.3, -0.25) is 0 Å². The topological polar surface area (TPSA) is 74.8 Å². The molecule has 2 N–H and O–H groups in total. The summed E-state index contributed by atoms with van der Waals surface area (Å²) < 4.78 is 27.6. The van der Waals surface area contributed by atoms with Gasteiger partial charge in [0, 0.05) is 0 Å². The highest BCUT2D eigenvalue weighted by atomic mass is 32.2. The highest BCUT2D eigenvalue weighted by Crippen LogP contribution is 2.19. The summed E-state index contributed by atoms with van der Waals surface area (Å²) in [5, 5.41) is 1.90. The number of rotatable bonds is 4. The van der Waals surface area contributed by atoms with Crippen molar-refractivity contribution in [1.29, 1.82) is 0 Å². The molecule has 0 saturated carbocycles. The molecule has 4 aromatic rings. The highest BCUT2D eigenvalue weighted by Gasteiger charge is 2.15. The van der Waals surface area contributed by atoms with Crippen LogP contribution in [0.25, 0.3) is 21.8 Å². The lowest BCUT2D eigenvalue weighted by Crippen LogP contribution is -2.23. The number of aromatic nitrogens is 2. The highest BCUT2D eigenvalue weighted by molar-refractivity contribution is 7.89. The second-order valence-electron chi connectivity index (χ2n) is 5.53. The zero-order chi connectivity index (χ0) is 16.6. The van der Waals surface area contributed by atoms with E-state index in [2.05, 4.69) is 14.7 Å². The van der Waals surface area contributed by atoms with Gasteiger partial charge in [-0.2, -0.15) is 0 Å². The van der Waals surface area contributed by atoms with Crippen molar-refractivity contribution in [3.05, 3.63) is 72.6 Å². The number of H-pyrrole nitrogens is 1. The summed E-state index contributed by atoms with van der Waals surface area (Å²) in [5.74, 6) is 0.584. The smallest absolute Gasteiger partial charge is 0.240 e. The standard InChI is InChI=1S/C18H15N3O2S/c22-24(23,15-10-9-13-5-1-2-6-14(13)11-15)19-12-18-20-16-7-3-4-8-17(16)21-18/h1-11,19H,12H2,(H,20,21). The minimum Gasteiger partial charge on any atom is -0.341 e. The zero-order valence-corrected chi connectivity index (χ0v) is 13.5. The number of benzene rings is 3. The third kappa shape index (κ3) is 2.77. The van der Waals surface area contributed by atoms with E-state index in [4.69, 9.17) is 0 Å². The molecule has 1 aromatic heterocycles. The summed E-state index contributed by atoms with van der Waals surface area (Å²) >= 11 is 0. The van der Waals surface area contributed by atoms with E-state index in [9.17, 15) is 8.42 Å². The Balaban J connectivity index is 1.59. The molecule has 0 fully saturated rings. The fraction of sp³-hybridized carbons (Fsp3) is 0.0556. The van der Waals surface area contributed by atoms with Gasteiger partial charge >= 0.3 is 0 Å². The molecule has 0 saturated heterocycles. The first-order valence-corrected chi connectivity index (χ1v) is 9.02. The maximum absolute atomic E-state index is 12.5. The Hall–Kier alpha value is -2.70. The Morgan fingerprint density at radius 1 is 0.917 bits per heavy atom. The van der Waals surface area contributed by atoms with E-state index in [0.29, 0.717) is 5.82 Å². The number of fused-ring (bicyclic) bond motifs is 2. The van der Waals surface area contributed by atoms with Crippen LogP contribution in [-0.4, -0.2) is 18.4 Å². The number of aromatic amines is 1. The Bertz CT molecular complexity index is 1100. The third-order valence-corrected chi connectivity index (χ3v) is 5.30. The molecule has 0 atom stereocenters. The first kappa shape index (κ1) is 14.9. The van der Waals surface area contributed by atoms with E-state index in [1.165, 1.54) is 0 Å². The van der Waals surface area contributed by atoms with E-state index in [1.807, 2.05) is 54.6 Å². The first-order valence-electron chi connectivity index (χ1n) is 7.54. The van der Waals surface area contributed by atoms with Gasteiger partial charge < -0.3 is 4.98 Å². The van der Waals surface area contributed by atoms with E-state index in [-0.39, 0.29) is 11.4 Å². The molecule has 4 rings (SSSR count). The number of sulfonamides is 1. The van der Waals surface area contributed by atoms with Gasteiger partial charge in [0.15, 0.2) is 0 Å². The normalized spacial score (nSPS) is 12.0. The van der Waals surface area contributed by atoms with Crippen molar-refractivity contribution >= 4 is 31.8 Å². The van der Waals surface area contributed by atoms with Crippen LogP contribution in [0.4, 0.5) is 0 Å². The fourth-order valence-electron chi connectivity index (χ4n) is 2.67. The molecule has 0 aliphatic carbocycles. The van der Waals surface area contributed by atoms with E-state index < -0.39 is 10.0 Å². The van der Waals surface area contributed by atoms with Crippen LogP contribution in [0.3, 0.4) is 0 Å². The molecule has 0 spiro atoms. The first-order chi connectivity index (χ1) is 11.6. The summed E-state index contributed by atoms with van der Waals surface area (Å²) in [5.41, 5.74) is 1.70. The Kier molecular flexibility index (Phi) is 3.55. The zero-order valence-electron chi connectivity index (χ0n) is 12.7. The van der Waals surface area contributed by atoms with Gasteiger partial charge in [0.1, 0.15) is 5.82 Å². The average Bonchev–Trinajstić information content (AvgIpc) is 3.03. The molecule has 3 aromatic carbocycles. The van der Waals surface area contributed by atoms with E-state index in [0.717, 1.165) is 21.8 Å². The second kappa shape index (κ2) is 5.74. The number of para-hydroxylation sites is 2. The maximum Gasteiger partial charge on any atom is 0.240 e. The molecular weight excluding hydrogens is 322 g/mol. The lowest BCUT2D eigenvalue weighted by Gasteiger charge is -2.06. The molecule has 6 heteroatoms. The van der Waals surface area contributed by atoms with Crippen LogP contribution >= 0.6 is 0 Å². The molecule has 0 aliphatic rings. The van der Waals surface area contributed by atoms with Gasteiger partial charge in [-0.05, 0) is 35.0 Å². The lowest BCUT2D eigenvalue weighted by atomic mass is 10.1. The predicted molar refractivity (Wildman–Crippen MR) is 94.1 cm³/mol. The number of hydrogen-bond donors (Lipinski definition) is 2. The van der Waals surface area contributed by atoms with Crippen LogP contribution in [0.1, 0.15) is 5.82 Å². The van der Waals surface area contributed by atoms with Gasteiger partial charge in [-0.1, -0.05) is 42.5 Å². The quantitative estimate of drug-likeness (QED) is 0.600. The Morgan fingerprint density at radius 2 is 1.67 bits per heavy atom. The molecule has 0 bridgehead atoms. The summed E-state index contributed by atoms with van der Waals surface area (Å²) in [6.07, 6.45) is 0. The van der Waals surface area contributed by atoms with Crippen molar-refractivity contribution in [2.75, 3.05) is 0 Å².